The largest absolute Gasteiger partial charge is 0.336 e. The molecule has 0 aliphatic heterocycles. The first-order valence-corrected chi connectivity index (χ1v) is 5.81. The van der Waals surface area contributed by atoms with Crippen LogP contribution < -0.4 is 11.2 Å². The van der Waals surface area contributed by atoms with E-state index in [-0.39, 0.29) is 5.41 Å². The molecule has 6 heteroatoms. The molecule has 17 heavy (non-hydrogen) atoms. The van der Waals surface area contributed by atoms with Crippen molar-refractivity contribution in [1.82, 2.24) is 19.9 Å². The number of nitrogens with zero attached hydrogens (tertiary/aromatic N) is 1. The smallest absolute Gasteiger partial charge is 0.327 e. The summed E-state index contributed by atoms with van der Waals surface area (Å²) in [6.45, 7) is 2.14. The zero-order chi connectivity index (χ0) is 12.0. The van der Waals surface area contributed by atoms with Crippen LogP contribution in [0.2, 0.25) is 0 Å². The molecule has 1 fully saturated rings. The predicted molar refractivity (Wildman–Crippen MR) is 63.2 cm³/mol. The number of rotatable bonds is 1. The molecule has 0 radical (unpaired) electrons. The highest BCUT2D eigenvalue weighted by Crippen LogP contribution is 2.39. The topological polar surface area (TPSA) is 94.4 Å². The van der Waals surface area contributed by atoms with Gasteiger partial charge in [-0.3, -0.25) is 14.8 Å². The third-order valence-corrected chi connectivity index (χ3v) is 3.67. The van der Waals surface area contributed by atoms with Gasteiger partial charge in [-0.25, -0.2) is 9.78 Å². The molecular weight excluding hydrogens is 220 g/mol. The zero-order valence-corrected chi connectivity index (χ0v) is 9.59. The van der Waals surface area contributed by atoms with Crippen LogP contribution in [0.1, 0.15) is 38.4 Å². The van der Waals surface area contributed by atoms with Crippen molar-refractivity contribution in [3.63, 3.8) is 0 Å². The van der Waals surface area contributed by atoms with Crippen molar-refractivity contribution in [2.24, 2.45) is 0 Å². The lowest BCUT2D eigenvalue weighted by molar-refractivity contribution is 0.464. The minimum atomic E-state index is -0.517. The SMILES string of the molecule is CC1(c2nc3[nH]c(=O)[nH]c(=O)c3[nH]2)CCCC1. The summed E-state index contributed by atoms with van der Waals surface area (Å²) >= 11 is 0. The fourth-order valence-corrected chi connectivity index (χ4v) is 2.61. The molecule has 3 rings (SSSR count). The fraction of sp³-hybridized carbons (Fsp3) is 0.545. The van der Waals surface area contributed by atoms with Gasteiger partial charge in [0.2, 0.25) is 0 Å². The summed E-state index contributed by atoms with van der Waals surface area (Å²) in [7, 11) is 0. The third kappa shape index (κ3) is 1.51. The highest BCUT2D eigenvalue weighted by Gasteiger charge is 2.33. The number of aromatic amines is 3. The zero-order valence-electron chi connectivity index (χ0n) is 9.59. The number of imidazole rings is 1. The normalized spacial score (nSPS) is 18.9. The Morgan fingerprint density at radius 3 is 2.53 bits per heavy atom. The Morgan fingerprint density at radius 2 is 1.82 bits per heavy atom. The summed E-state index contributed by atoms with van der Waals surface area (Å²) in [4.78, 5) is 34.9. The van der Waals surface area contributed by atoms with E-state index in [1.807, 2.05) is 0 Å². The van der Waals surface area contributed by atoms with E-state index in [9.17, 15) is 9.59 Å². The number of hydrogen-bond acceptors (Lipinski definition) is 3. The summed E-state index contributed by atoms with van der Waals surface area (Å²) < 4.78 is 0. The van der Waals surface area contributed by atoms with Crippen LogP contribution >= 0.6 is 0 Å². The van der Waals surface area contributed by atoms with Gasteiger partial charge in [-0.15, -0.1) is 0 Å². The minimum absolute atomic E-state index is 0.00233. The second-order valence-corrected chi connectivity index (χ2v) is 4.99. The Bertz CT molecular complexity index is 673. The van der Waals surface area contributed by atoms with Crippen molar-refractivity contribution >= 4 is 11.2 Å². The quantitative estimate of drug-likeness (QED) is 0.680. The number of H-pyrrole nitrogens is 3. The molecule has 0 unspecified atom stereocenters. The van der Waals surface area contributed by atoms with Crippen LogP contribution in [0.5, 0.6) is 0 Å². The summed E-state index contributed by atoms with van der Waals surface area (Å²) in [5, 5.41) is 0. The first-order valence-electron chi connectivity index (χ1n) is 5.81. The third-order valence-electron chi connectivity index (χ3n) is 3.67. The molecular formula is C11H14N4O2. The lowest BCUT2D eigenvalue weighted by Crippen LogP contribution is -2.21. The number of aromatic nitrogens is 4. The molecule has 2 aromatic rings. The van der Waals surface area contributed by atoms with Crippen molar-refractivity contribution in [2.45, 2.75) is 38.0 Å². The molecule has 90 valence electrons. The Hall–Kier alpha value is -1.85. The minimum Gasteiger partial charge on any atom is -0.336 e. The van der Waals surface area contributed by atoms with Crippen molar-refractivity contribution < 1.29 is 0 Å². The molecule has 1 aliphatic carbocycles. The van der Waals surface area contributed by atoms with E-state index < -0.39 is 11.2 Å². The molecule has 1 aliphatic rings. The fourth-order valence-electron chi connectivity index (χ4n) is 2.61. The van der Waals surface area contributed by atoms with Crippen LogP contribution in [0, 0.1) is 0 Å². The molecule has 0 spiro atoms. The average Bonchev–Trinajstić information content (AvgIpc) is 2.84. The van der Waals surface area contributed by atoms with Gasteiger partial charge >= 0.3 is 5.69 Å². The second-order valence-electron chi connectivity index (χ2n) is 4.99. The lowest BCUT2D eigenvalue weighted by Gasteiger charge is -2.19. The maximum Gasteiger partial charge on any atom is 0.327 e. The predicted octanol–water partition coefficient (Wildman–Crippen LogP) is 0.771. The first-order chi connectivity index (χ1) is 8.08. The van der Waals surface area contributed by atoms with Gasteiger partial charge in [-0.2, -0.15) is 0 Å². The molecule has 0 bridgehead atoms. The standard InChI is InChI=1S/C11H14N4O2/c1-11(4-2-3-5-11)9-12-6-7(13-9)14-10(17)15-8(6)16/h2-5H2,1H3,(H3,12,13,14,15,16,17). The van der Waals surface area contributed by atoms with E-state index >= 15 is 0 Å². The molecule has 0 amide bonds. The van der Waals surface area contributed by atoms with Crippen LogP contribution in [-0.4, -0.2) is 19.9 Å². The van der Waals surface area contributed by atoms with Gasteiger partial charge in [-0.1, -0.05) is 19.8 Å². The summed E-state index contributed by atoms with van der Waals surface area (Å²) in [6.07, 6.45) is 4.49. The van der Waals surface area contributed by atoms with Crippen LogP contribution in [0.3, 0.4) is 0 Å². The van der Waals surface area contributed by atoms with Gasteiger partial charge in [-0.05, 0) is 12.8 Å². The van der Waals surface area contributed by atoms with Crippen molar-refractivity contribution in [1.29, 1.82) is 0 Å². The lowest BCUT2D eigenvalue weighted by atomic mass is 9.88. The maximum atomic E-state index is 11.6. The highest BCUT2D eigenvalue weighted by atomic mass is 16.2. The Kier molecular flexibility index (Phi) is 2.01. The Labute approximate surface area is 96.5 Å². The summed E-state index contributed by atoms with van der Waals surface area (Å²) in [5.74, 6) is 0.803. The Morgan fingerprint density at radius 1 is 1.12 bits per heavy atom. The molecule has 0 aromatic carbocycles. The second kappa shape index (κ2) is 3.32. The highest BCUT2D eigenvalue weighted by molar-refractivity contribution is 5.68. The van der Waals surface area contributed by atoms with Gasteiger partial charge in [0.15, 0.2) is 5.65 Å². The maximum absolute atomic E-state index is 11.6. The van der Waals surface area contributed by atoms with Crippen LogP contribution in [0.4, 0.5) is 0 Å². The molecule has 2 aromatic heterocycles. The van der Waals surface area contributed by atoms with Crippen molar-refractivity contribution in [3.05, 3.63) is 26.7 Å². The first kappa shape index (κ1) is 10.3. The molecule has 2 heterocycles. The average molecular weight is 234 g/mol. The van der Waals surface area contributed by atoms with E-state index in [4.69, 9.17) is 0 Å². The van der Waals surface area contributed by atoms with E-state index in [1.165, 1.54) is 12.8 Å². The van der Waals surface area contributed by atoms with E-state index in [0.717, 1.165) is 18.7 Å². The Balaban J connectivity index is 2.23. The van der Waals surface area contributed by atoms with E-state index in [2.05, 4.69) is 26.9 Å². The van der Waals surface area contributed by atoms with Gasteiger partial charge in [0.1, 0.15) is 11.3 Å². The van der Waals surface area contributed by atoms with Crippen LogP contribution in [0.15, 0.2) is 9.59 Å². The van der Waals surface area contributed by atoms with Crippen molar-refractivity contribution in [2.75, 3.05) is 0 Å². The van der Waals surface area contributed by atoms with Gasteiger partial charge in [0.25, 0.3) is 5.56 Å². The van der Waals surface area contributed by atoms with Gasteiger partial charge < -0.3 is 4.98 Å². The van der Waals surface area contributed by atoms with Crippen LogP contribution in [0.25, 0.3) is 11.2 Å². The monoisotopic (exact) mass is 234 g/mol. The van der Waals surface area contributed by atoms with Gasteiger partial charge in [0, 0.05) is 5.41 Å². The van der Waals surface area contributed by atoms with Gasteiger partial charge in [0.05, 0.1) is 0 Å². The molecule has 3 N–H and O–H groups in total. The molecule has 1 saturated carbocycles. The molecule has 6 nitrogen and oxygen atoms in total. The summed E-state index contributed by atoms with van der Waals surface area (Å²) in [6, 6.07) is 0. The molecule has 0 saturated heterocycles. The number of hydrogen-bond donors (Lipinski definition) is 3. The molecule has 0 atom stereocenters. The number of nitrogens with one attached hydrogen (secondary N) is 3. The van der Waals surface area contributed by atoms with E-state index in [0.29, 0.717) is 11.2 Å². The van der Waals surface area contributed by atoms with Crippen molar-refractivity contribution in [3.8, 4) is 0 Å². The van der Waals surface area contributed by atoms with E-state index in [1.54, 1.807) is 0 Å². The van der Waals surface area contributed by atoms with Crippen LogP contribution in [-0.2, 0) is 5.41 Å². The number of fused-ring (bicyclic) bond motifs is 1. The summed E-state index contributed by atoms with van der Waals surface area (Å²) in [5.41, 5.74) is -0.224.